The van der Waals surface area contributed by atoms with E-state index in [0.717, 1.165) is 58.3 Å². The number of carbonyl (C=O) groups is 2. The van der Waals surface area contributed by atoms with Crippen LogP contribution in [-0.4, -0.2) is 102 Å². The van der Waals surface area contributed by atoms with E-state index >= 15 is 0 Å². The Kier molecular flexibility index (Phi) is 8.44. The maximum absolute atomic E-state index is 14.6. The Morgan fingerprint density at radius 3 is 2.51 bits per heavy atom. The number of hydrogen-bond acceptors (Lipinski definition) is 5. The highest BCUT2D eigenvalue weighted by molar-refractivity contribution is 5.90. The predicted molar refractivity (Wildman–Crippen MR) is 164 cm³/mol. The van der Waals surface area contributed by atoms with Crippen LogP contribution in [0.4, 0.5) is 0 Å². The molecule has 41 heavy (non-hydrogen) atoms. The molecule has 0 unspecified atom stereocenters. The lowest BCUT2D eigenvalue weighted by Crippen LogP contribution is -2.57. The van der Waals surface area contributed by atoms with Crippen molar-refractivity contribution in [1.29, 1.82) is 0 Å². The van der Waals surface area contributed by atoms with Gasteiger partial charge in [0.25, 0.3) is 0 Å². The van der Waals surface area contributed by atoms with E-state index < -0.39 is 6.04 Å². The summed E-state index contributed by atoms with van der Waals surface area (Å²) in [6, 6.07) is 6.99. The van der Waals surface area contributed by atoms with Gasteiger partial charge in [0, 0.05) is 48.2 Å². The molecule has 4 fully saturated rings. The highest BCUT2D eigenvalue weighted by Crippen LogP contribution is 2.45. The molecule has 8 heteroatoms. The molecule has 4 heterocycles. The van der Waals surface area contributed by atoms with Gasteiger partial charge < -0.3 is 25.4 Å². The Morgan fingerprint density at radius 1 is 1.02 bits per heavy atom. The van der Waals surface area contributed by atoms with Crippen LogP contribution in [0.25, 0.3) is 10.9 Å². The van der Waals surface area contributed by atoms with Crippen molar-refractivity contribution in [2.24, 2.45) is 5.92 Å². The Bertz CT molecular complexity index is 1230. The van der Waals surface area contributed by atoms with Crippen LogP contribution in [-0.2, 0) is 9.59 Å². The fraction of sp³-hybridized carbons (Fsp3) is 0.697. The standard InChI is InChI=1S/C33H50N6O2/c1-21-10-11-25-26(19-35-28(25)18-21)27-20-39(24-12-15-37(4)16-13-24)29-14-17-38(31(27)29)33(41)30(23-8-6-5-7-9-23)36-32(40)22(2)34-3/h10-11,18-19,22-24,27,29-31,34-35H,5-9,12-17,20H2,1-4H3,(H,36,40)/t22-,27+,29+,30-,31+/m0/s1. The van der Waals surface area contributed by atoms with Crippen molar-refractivity contribution in [3.05, 3.63) is 35.5 Å². The Hall–Kier alpha value is -2.42. The molecular formula is C33H50N6O2. The second kappa shape index (κ2) is 12.1. The second-order valence-electron chi connectivity index (χ2n) is 13.4. The van der Waals surface area contributed by atoms with Crippen LogP contribution in [0.2, 0.25) is 0 Å². The maximum atomic E-state index is 14.6. The first kappa shape index (κ1) is 28.7. The van der Waals surface area contributed by atoms with Crippen LogP contribution >= 0.6 is 0 Å². The smallest absolute Gasteiger partial charge is 0.245 e. The number of amides is 2. The van der Waals surface area contributed by atoms with Gasteiger partial charge in [-0.15, -0.1) is 0 Å². The van der Waals surface area contributed by atoms with Crippen molar-refractivity contribution < 1.29 is 9.59 Å². The summed E-state index contributed by atoms with van der Waals surface area (Å²) in [4.78, 5) is 38.8. The minimum Gasteiger partial charge on any atom is -0.361 e. The van der Waals surface area contributed by atoms with E-state index in [1.54, 1.807) is 7.05 Å². The van der Waals surface area contributed by atoms with Crippen molar-refractivity contribution >= 4 is 22.7 Å². The lowest BCUT2D eigenvalue weighted by atomic mass is 9.82. The molecule has 4 aliphatic rings. The van der Waals surface area contributed by atoms with Gasteiger partial charge in [-0.3, -0.25) is 14.5 Å². The van der Waals surface area contributed by atoms with Crippen molar-refractivity contribution in [2.45, 2.75) is 101 Å². The van der Waals surface area contributed by atoms with E-state index in [9.17, 15) is 9.59 Å². The molecule has 0 bridgehead atoms. The monoisotopic (exact) mass is 562 g/mol. The molecule has 8 nitrogen and oxygen atoms in total. The second-order valence-corrected chi connectivity index (χ2v) is 13.4. The number of aromatic amines is 1. The number of H-pyrrole nitrogens is 1. The SMILES string of the molecule is CN[C@@H](C)C(=O)N[C@H](C(=O)N1CC[C@@H]2[C@H]1[C@@H](c1c[nH]c3cc(C)ccc13)CN2C1CCN(C)CC1)C1CCCCC1. The molecular weight excluding hydrogens is 512 g/mol. The van der Waals surface area contributed by atoms with Crippen molar-refractivity contribution in [3.63, 3.8) is 0 Å². The van der Waals surface area contributed by atoms with Crippen molar-refractivity contribution in [1.82, 2.24) is 30.3 Å². The largest absolute Gasteiger partial charge is 0.361 e. The molecule has 2 aromatic rings. The number of rotatable bonds is 7. The van der Waals surface area contributed by atoms with Gasteiger partial charge in [-0.1, -0.05) is 31.4 Å². The first-order valence-corrected chi connectivity index (χ1v) is 16.2. The highest BCUT2D eigenvalue weighted by atomic mass is 16.2. The molecule has 5 atom stereocenters. The van der Waals surface area contributed by atoms with Gasteiger partial charge >= 0.3 is 0 Å². The molecule has 2 amide bonds. The minimum absolute atomic E-state index is 0.0740. The van der Waals surface area contributed by atoms with Gasteiger partial charge in [0.2, 0.25) is 11.8 Å². The van der Waals surface area contributed by atoms with Crippen LogP contribution < -0.4 is 10.6 Å². The first-order chi connectivity index (χ1) is 19.9. The number of benzene rings is 1. The Morgan fingerprint density at radius 2 is 1.78 bits per heavy atom. The summed E-state index contributed by atoms with van der Waals surface area (Å²) in [5, 5.41) is 7.58. The average molecular weight is 563 g/mol. The summed E-state index contributed by atoms with van der Waals surface area (Å²) in [5.74, 6) is 0.535. The molecule has 1 aromatic heterocycles. The van der Waals surface area contributed by atoms with E-state index in [1.165, 1.54) is 41.3 Å². The molecule has 224 valence electrons. The van der Waals surface area contributed by atoms with Crippen LogP contribution in [0.5, 0.6) is 0 Å². The van der Waals surface area contributed by atoms with Crippen LogP contribution in [0.15, 0.2) is 24.4 Å². The molecule has 0 spiro atoms. The van der Waals surface area contributed by atoms with Gasteiger partial charge in [-0.2, -0.15) is 0 Å². The zero-order chi connectivity index (χ0) is 28.7. The summed E-state index contributed by atoms with van der Waals surface area (Å²) in [7, 11) is 4.03. The summed E-state index contributed by atoms with van der Waals surface area (Å²) >= 11 is 0. The molecule has 1 aliphatic carbocycles. The number of nitrogens with zero attached hydrogens (tertiary/aromatic N) is 3. The summed E-state index contributed by atoms with van der Waals surface area (Å²) < 4.78 is 0. The zero-order valence-electron chi connectivity index (χ0n) is 25.5. The normalized spacial score (nSPS) is 28.2. The third kappa shape index (κ3) is 5.55. The number of fused-ring (bicyclic) bond motifs is 2. The van der Waals surface area contributed by atoms with Gasteiger partial charge in [-0.25, -0.2) is 0 Å². The highest BCUT2D eigenvalue weighted by Gasteiger charge is 2.54. The molecule has 6 rings (SSSR count). The van der Waals surface area contributed by atoms with Gasteiger partial charge in [0.15, 0.2) is 0 Å². The number of aryl methyl sites for hydroxylation is 1. The van der Waals surface area contributed by atoms with Crippen LogP contribution in [0, 0.1) is 12.8 Å². The van der Waals surface area contributed by atoms with E-state index in [2.05, 4.69) is 68.7 Å². The third-order valence-corrected chi connectivity index (χ3v) is 10.9. The molecule has 3 saturated heterocycles. The first-order valence-electron chi connectivity index (χ1n) is 16.2. The van der Waals surface area contributed by atoms with Gasteiger partial charge in [0.05, 0.1) is 12.1 Å². The number of carbonyl (C=O) groups excluding carboxylic acids is 2. The molecule has 1 saturated carbocycles. The third-order valence-electron chi connectivity index (χ3n) is 10.9. The fourth-order valence-corrected chi connectivity index (χ4v) is 8.41. The minimum atomic E-state index is -0.444. The lowest BCUT2D eigenvalue weighted by molar-refractivity contribution is -0.139. The summed E-state index contributed by atoms with van der Waals surface area (Å²) in [6.45, 7) is 8.05. The van der Waals surface area contributed by atoms with E-state index in [-0.39, 0.29) is 35.7 Å². The zero-order valence-corrected chi connectivity index (χ0v) is 25.5. The van der Waals surface area contributed by atoms with E-state index in [1.807, 2.05) is 6.92 Å². The molecule has 0 radical (unpaired) electrons. The van der Waals surface area contributed by atoms with Crippen LogP contribution in [0.3, 0.4) is 0 Å². The van der Waals surface area contributed by atoms with Gasteiger partial charge in [0.1, 0.15) is 6.04 Å². The maximum Gasteiger partial charge on any atom is 0.245 e. The van der Waals surface area contributed by atoms with Crippen molar-refractivity contribution in [2.75, 3.05) is 40.3 Å². The van der Waals surface area contributed by atoms with E-state index in [4.69, 9.17) is 0 Å². The lowest BCUT2D eigenvalue weighted by Gasteiger charge is -2.38. The van der Waals surface area contributed by atoms with E-state index in [0.29, 0.717) is 12.1 Å². The number of piperidine rings is 1. The summed E-state index contributed by atoms with van der Waals surface area (Å²) in [5.41, 5.74) is 3.77. The average Bonchev–Trinajstić information content (AvgIpc) is 3.70. The number of likely N-dealkylation sites (N-methyl/N-ethyl adjacent to an activating group) is 1. The Labute approximate surface area is 245 Å². The van der Waals surface area contributed by atoms with Gasteiger partial charge in [-0.05, 0) is 96.2 Å². The number of likely N-dealkylation sites (tertiary alicyclic amines) is 3. The number of hydrogen-bond donors (Lipinski definition) is 3. The van der Waals surface area contributed by atoms with Crippen molar-refractivity contribution in [3.8, 4) is 0 Å². The number of nitrogens with one attached hydrogen (secondary N) is 3. The quantitative estimate of drug-likeness (QED) is 0.480. The van der Waals surface area contributed by atoms with Crippen LogP contribution in [0.1, 0.15) is 75.3 Å². The summed E-state index contributed by atoms with van der Waals surface area (Å²) in [6.07, 6.45) is 11.1. The molecule has 3 aliphatic heterocycles. The predicted octanol–water partition coefficient (Wildman–Crippen LogP) is 3.61. The number of aromatic nitrogens is 1. The fourth-order valence-electron chi connectivity index (χ4n) is 8.41. The Balaban J connectivity index is 1.33. The topological polar surface area (TPSA) is 83.7 Å². The molecule has 1 aromatic carbocycles. The molecule has 3 N–H and O–H groups in total.